The van der Waals surface area contributed by atoms with Crippen LogP contribution >= 0.6 is 0 Å². The number of ether oxygens (including phenoxy) is 2. The van der Waals surface area contributed by atoms with E-state index < -0.39 is 6.10 Å². The van der Waals surface area contributed by atoms with E-state index in [2.05, 4.69) is 15.0 Å². The molecule has 1 N–H and O–H groups in total. The van der Waals surface area contributed by atoms with E-state index in [-0.39, 0.29) is 0 Å². The van der Waals surface area contributed by atoms with Crippen LogP contribution in [-0.2, 0) is 19.6 Å². The van der Waals surface area contributed by atoms with E-state index in [1.54, 1.807) is 26.5 Å². The normalized spacial score (nSPS) is 18.7. The summed E-state index contributed by atoms with van der Waals surface area (Å²) in [5.74, 6) is 1.79. The maximum absolute atomic E-state index is 10.3. The first kappa shape index (κ1) is 16.4. The van der Waals surface area contributed by atoms with Gasteiger partial charge in [-0.2, -0.15) is 5.10 Å². The number of aliphatic hydroxyl groups excluding tert-OH is 1. The topological polar surface area (TPSA) is 72.6 Å². The molecule has 0 saturated heterocycles. The number of pyridine rings is 1. The predicted octanol–water partition coefficient (Wildman–Crippen LogP) is 1.75. The summed E-state index contributed by atoms with van der Waals surface area (Å²) < 4.78 is 12.9. The zero-order valence-electron chi connectivity index (χ0n) is 14.7. The van der Waals surface area contributed by atoms with Crippen molar-refractivity contribution in [1.82, 2.24) is 19.7 Å². The fourth-order valence-electron chi connectivity index (χ4n) is 3.45. The molecule has 4 rings (SSSR count). The molecule has 134 valence electrons. The van der Waals surface area contributed by atoms with Gasteiger partial charge in [0.1, 0.15) is 11.8 Å². The van der Waals surface area contributed by atoms with Crippen LogP contribution in [0, 0.1) is 5.92 Å². The van der Waals surface area contributed by atoms with E-state index >= 15 is 0 Å². The lowest BCUT2D eigenvalue weighted by Gasteiger charge is -2.27. The lowest BCUT2D eigenvalue weighted by atomic mass is 10.1. The lowest BCUT2D eigenvalue weighted by molar-refractivity contribution is 0.147. The second-order valence-corrected chi connectivity index (χ2v) is 6.77. The minimum absolute atomic E-state index is 0.401. The van der Waals surface area contributed by atoms with E-state index in [0.29, 0.717) is 24.0 Å². The predicted molar refractivity (Wildman–Crippen MR) is 91.4 cm³/mol. The number of hydrogen-bond acceptors (Lipinski definition) is 6. The second-order valence-electron chi connectivity index (χ2n) is 6.77. The van der Waals surface area contributed by atoms with Gasteiger partial charge in [0.05, 0.1) is 32.2 Å². The summed E-state index contributed by atoms with van der Waals surface area (Å²) >= 11 is 0. The Balaban J connectivity index is 1.49. The van der Waals surface area contributed by atoms with Gasteiger partial charge in [-0.25, -0.2) is 0 Å². The average molecular weight is 344 g/mol. The van der Waals surface area contributed by atoms with Crippen LogP contribution < -0.4 is 9.47 Å². The highest BCUT2D eigenvalue weighted by Gasteiger charge is 2.33. The van der Waals surface area contributed by atoms with Gasteiger partial charge in [-0.3, -0.25) is 14.6 Å². The van der Waals surface area contributed by atoms with Crippen LogP contribution in [0.4, 0.5) is 0 Å². The first-order valence-electron chi connectivity index (χ1n) is 8.72. The maximum Gasteiger partial charge on any atom is 0.183 e. The molecule has 3 heterocycles. The van der Waals surface area contributed by atoms with Crippen molar-refractivity contribution in [2.45, 2.75) is 38.6 Å². The van der Waals surface area contributed by atoms with E-state index in [1.165, 1.54) is 0 Å². The first-order valence-corrected chi connectivity index (χ1v) is 8.72. The van der Waals surface area contributed by atoms with Crippen LogP contribution in [0.1, 0.15) is 36.0 Å². The fourth-order valence-corrected chi connectivity index (χ4v) is 3.45. The van der Waals surface area contributed by atoms with Crippen molar-refractivity contribution in [2.24, 2.45) is 5.92 Å². The monoisotopic (exact) mass is 344 g/mol. The van der Waals surface area contributed by atoms with Gasteiger partial charge >= 0.3 is 0 Å². The Morgan fingerprint density at radius 1 is 1.28 bits per heavy atom. The number of aliphatic hydroxyl groups is 1. The maximum atomic E-state index is 10.3. The van der Waals surface area contributed by atoms with Gasteiger partial charge in [0.15, 0.2) is 11.5 Å². The smallest absolute Gasteiger partial charge is 0.183 e. The second kappa shape index (κ2) is 6.65. The summed E-state index contributed by atoms with van der Waals surface area (Å²) in [6, 6.07) is 3.85. The third kappa shape index (κ3) is 3.21. The van der Waals surface area contributed by atoms with Gasteiger partial charge in [-0.1, -0.05) is 0 Å². The van der Waals surface area contributed by atoms with Crippen molar-refractivity contribution in [3.63, 3.8) is 0 Å². The van der Waals surface area contributed by atoms with Gasteiger partial charge in [0.25, 0.3) is 0 Å². The SMILES string of the molecule is COc1ccnc(CN2CCn3nc(C(O)C4CC4)cc3C2)c1OC. The van der Waals surface area contributed by atoms with Crippen LogP contribution in [-0.4, -0.2) is 45.5 Å². The van der Waals surface area contributed by atoms with Crippen LogP contribution in [0.5, 0.6) is 11.5 Å². The molecule has 0 bridgehead atoms. The summed E-state index contributed by atoms with van der Waals surface area (Å²) in [5, 5.41) is 14.9. The third-order valence-electron chi connectivity index (χ3n) is 5.01. The Hall–Kier alpha value is -2.12. The number of methoxy groups -OCH3 is 2. The molecule has 1 aliphatic heterocycles. The highest BCUT2D eigenvalue weighted by atomic mass is 16.5. The summed E-state index contributed by atoms with van der Waals surface area (Å²) in [5.41, 5.74) is 2.83. The van der Waals surface area contributed by atoms with E-state index in [0.717, 1.165) is 49.6 Å². The standard InChI is InChI=1S/C18H24N4O3/c1-24-16-5-6-19-15(18(16)25-2)11-21-7-8-22-13(10-21)9-14(20-22)17(23)12-3-4-12/h5-6,9,12,17,23H,3-4,7-8,10-11H2,1-2H3. The van der Waals surface area contributed by atoms with Crippen molar-refractivity contribution in [3.05, 3.63) is 35.4 Å². The molecule has 1 aliphatic carbocycles. The first-order chi connectivity index (χ1) is 12.2. The Bertz CT molecular complexity index is 757. The van der Waals surface area contributed by atoms with Crippen molar-refractivity contribution >= 4 is 0 Å². The molecule has 0 aromatic carbocycles. The molecule has 2 aliphatic rings. The van der Waals surface area contributed by atoms with Crippen LogP contribution in [0.2, 0.25) is 0 Å². The van der Waals surface area contributed by atoms with E-state index in [1.807, 2.05) is 10.7 Å². The zero-order valence-corrected chi connectivity index (χ0v) is 14.7. The molecule has 7 nitrogen and oxygen atoms in total. The molecule has 0 amide bonds. The molecule has 1 fully saturated rings. The summed E-state index contributed by atoms with van der Waals surface area (Å²) in [6.07, 6.45) is 3.55. The lowest BCUT2D eigenvalue weighted by Crippen LogP contribution is -2.33. The summed E-state index contributed by atoms with van der Waals surface area (Å²) in [6.45, 7) is 3.17. The van der Waals surface area contributed by atoms with Gasteiger partial charge in [0.2, 0.25) is 0 Å². The van der Waals surface area contributed by atoms with Crippen LogP contribution in [0.25, 0.3) is 0 Å². The summed E-state index contributed by atoms with van der Waals surface area (Å²) in [7, 11) is 3.27. The zero-order chi connectivity index (χ0) is 17.4. The minimum Gasteiger partial charge on any atom is -0.493 e. The average Bonchev–Trinajstić information content (AvgIpc) is 3.39. The number of aromatic nitrogens is 3. The highest BCUT2D eigenvalue weighted by molar-refractivity contribution is 5.42. The number of nitrogens with zero attached hydrogens (tertiary/aromatic N) is 4. The molecule has 2 aromatic heterocycles. The molecule has 25 heavy (non-hydrogen) atoms. The van der Waals surface area contributed by atoms with Gasteiger partial charge in [0, 0.05) is 31.9 Å². The van der Waals surface area contributed by atoms with Gasteiger partial charge in [-0.05, 0) is 24.8 Å². The highest BCUT2D eigenvalue weighted by Crippen LogP contribution is 2.40. The quantitative estimate of drug-likeness (QED) is 0.861. The van der Waals surface area contributed by atoms with Crippen molar-refractivity contribution < 1.29 is 14.6 Å². The van der Waals surface area contributed by atoms with E-state index in [9.17, 15) is 5.11 Å². The fraction of sp³-hybridized carbons (Fsp3) is 0.556. The molecule has 1 unspecified atom stereocenters. The number of hydrogen-bond donors (Lipinski definition) is 1. The van der Waals surface area contributed by atoms with Gasteiger partial charge < -0.3 is 14.6 Å². The molecular formula is C18H24N4O3. The Morgan fingerprint density at radius 3 is 2.84 bits per heavy atom. The van der Waals surface area contributed by atoms with Crippen molar-refractivity contribution in [3.8, 4) is 11.5 Å². The van der Waals surface area contributed by atoms with E-state index in [4.69, 9.17) is 9.47 Å². The Morgan fingerprint density at radius 2 is 2.12 bits per heavy atom. The largest absolute Gasteiger partial charge is 0.493 e. The van der Waals surface area contributed by atoms with Crippen LogP contribution in [0.3, 0.4) is 0 Å². The number of rotatable bonds is 6. The number of fused-ring (bicyclic) bond motifs is 1. The molecule has 0 spiro atoms. The molecule has 1 saturated carbocycles. The van der Waals surface area contributed by atoms with Crippen molar-refractivity contribution in [1.29, 1.82) is 0 Å². The molecule has 1 atom stereocenters. The Labute approximate surface area is 147 Å². The van der Waals surface area contributed by atoms with Crippen molar-refractivity contribution in [2.75, 3.05) is 20.8 Å². The summed E-state index contributed by atoms with van der Waals surface area (Å²) in [4.78, 5) is 6.78. The molecular weight excluding hydrogens is 320 g/mol. The molecule has 0 radical (unpaired) electrons. The Kier molecular flexibility index (Phi) is 4.35. The molecule has 2 aromatic rings. The van der Waals surface area contributed by atoms with Gasteiger partial charge in [-0.15, -0.1) is 0 Å². The van der Waals surface area contributed by atoms with Crippen LogP contribution in [0.15, 0.2) is 18.3 Å². The molecule has 7 heteroatoms. The minimum atomic E-state index is -0.410. The third-order valence-corrected chi connectivity index (χ3v) is 5.01.